The van der Waals surface area contributed by atoms with Crippen LogP contribution in [0.1, 0.15) is 34.3 Å². The molecule has 1 amide bonds. The summed E-state index contributed by atoms with van der Waals surface area (Å²) in [5, 5.41) is 14.3. The highest BCUT2D eigenvalue weighted by molar-refractivity contribution is 9.10. The van der Waals surface area contributed by atoms with Gasteiger partial charge in [0.25, 0.3) is 11.6 Å². The number of piperazine rings is 1. The normalized spacial score (nSPS) is 17.1. The number of amides is 1. The smallest absolute Gasteiger partial charge is 0.269 e. The molecule has 3 heterocycles. The van der Waals surface area contributed by atoms with E-state index in [2.05, 4.69) is 40.9 Å². The summed E-state index contributed by atoms with van der Waals surface area (Å²) in [6, 6.07) is 16.9. The third-order valence-electron chi connectivity index (χ3n) is 7.69. The van der Waals surface area contributed by atoms with Gasteiger partial charge in [0.2, 0.25) is 0 Å². The van der Waals surface area contributed by atoms with E-state index in [-0.39, 0.29) is 16.5 Å². The minimum Gasteiger partial charge on any atom is -0.353 e. The number of nitrogens with zero attached hydrogens (tertiary/aromatic N) is 5. The zero-order valence-electron chi connectivity index (χ0n) is 22.1. The Labute approximate surface area is 247 Å². The van der Waals surface area contributed by atoms with E-state index in [4.69, 9.17) is 11.6 Å². The molecule has 2 aliphatic rings. The van der Waals surface area contributed by atoms with E-state index in [9.17, 15) is 14.9 Å². The van der Waals surface area contributed by atoms with Gasteiger partial charge in [-0.25, -0.2) is 4.98 Å². The lowest BCUT2D eigenvalue weighted by atomic mass is 10.0. The average Bonchev–Trinajstić information content (AvgIpc) is 2.97. The summed E-state index contributed by atoms with van der Waals surface area (Å²) in [4.78, 5) is 34.9. The maximum absolute atomic E-state index is 12.6. The Hall–Kier alpha value is -3.05. The fraction of sp³-hybridized carbons (Fsp3) is 0.379. The number of piperidine rings is 1. The van der Waals surface area contributed by atoms with Crippen LogP contribution < -0.4 is 10.2 Å². The first-order chi connectivity index (χ1) is 19.4. The first kappa shape index (κ1) is 28.5. The number of carbonyl (C=O) groups excluding carboxylic acids is 1. The van der Waals surface area contributed by atoms with Gasteiger partial charge in [-0.05, 0) is 55.3 Å². The largest absolute Gasteiger partial charge is 0.353 e. The molecule has 1 N–H and O–H groups in total. The van der Waals surface area contributed by atoms with Crippen LogP contribution in [0.15, 0.2) is 65.3 Å². The van der Waals surface area contributed by atoms with E-state index < -0.39 is 0 Å². The van der Waals surface area contributed by atoms with Crippen molar-refractivity contribution in [3.05, 3.63) is 97.1 Å². The Balaban J connectivity index is 1.07. The first-order valence-electron chi connectivity index (χ1n) is 13.5. The molecule has 5 rings (SSSR count). The Morgan fingerprint density at radius 2 is 1.65 bits per heavy atom. The van der Waals surface area contributed by atoms with Crippen molar-refractivity contribution in [2.24, 2.45) is 0 Å². The molecule has 2 saturated heterocycles. The van der Waals surface area contributed by atoms with E-state index in [0.29, 0.717) is 23.2 Å². The third kappa shape index (κ3) is 7.17. The molecule has 210 valence electrons. The Kier molecular flexibility index (Phi) is 9.31. The number of benzene rings is 2. The monoisotopic (exact) mass is 626 g/mol. The highest BCUT2D eigenvalue weighted by Gasteiger charge is 2.28. The van der Waals surface area contributed by atoms with Crippen molar-refractivity contribution in [1.29, 1.82) is 0 Å². The number of nitrogens with one attached hydrogen (secondary N) is 1. The maximum Gasteiger partial charge on any atom is 0.269 e. The summed E-state index contributed by atoms with van der Waals surface area (Å²) >= 11 is 10.0. The molecule has 3 aromatic rings. The van der Waals surface area contributed by atoms with Gasteiger partial charge in [-0.15, -0.1) is 0 Å². The lowest BCUT2D eigenvalue weighted by molar-refractivity contribution is -0.384. The van der Waals surface area contributed by atoms with Crippen LogP contribution in [0, 0.1) is 10.1 Å². The number of non-ortho nitro benzene ring substituents is 1. The SMILES string of the molecule is O=C(NCc1ccc(Br)cc1)c1cnc(N2CCN(C3CCN(Cc4ccc([N+](=O)[O-])cc4)CC3)CC2)c(Cl)c1. The van der Waals surface area contributed by atoms with Crippen LogP contribution in [0.3, 0.4) is 0 Å². The van der Waals surface area contributed by atoms with Crippen molar-refractivity contribution < 1.29 is 9.72 Å². The zero-order chi connectivity index (χ0) is 28.1. The highest BCUT2D eigenvalue weighted by atomic mass is 79.9. The summed E-state index contributed by atoms with van der Waals surface area (Å²) in [6.07, 6.45) is 3.82. The summed E-state index contributed by atoms with van der Waals surface area (Å²) in [7, 11) is 0. The quantitative estimate of drug-likeness (QED) is 0.274. The predicted molar refractivity (Wildman–Crippen MR) is 160 cm³/mol. The van der Waals surface area contributed by atoms with E-state index in [1.807, 2.05) is 36.4 Å². The molecule has 0 aliphatic carbocycles. The van der Waals surface area contributed by atoms with Gasteiger partial charge in [0.05, 0.1) is 15.5 Å². The predicted octanol–water partition coefficient (Wildman–Crippen LogP) is 5.12. The second-order valence-corrected chi connectivity index (χ2v) is 11.6. The van der Waals surface area contributed by atoms with Crippen LogP contribution >= 0.6 is 27.5 Å². The molecule has 1 aromatic heterocycles. The Morgan fingerprint density at radius 1 is 1.00 bits per heavy atom. The van der Waals surface area contributed by atoms with Crippen LogP contribution in [-0.4, -0.2) is 70.9 Å². The fourth-order valence-electron chi connectivity index (χ4n) is 5.40. The molecule has 2 aromatic carbocycles. The highest BCUT2D eigenvalue weighted by Crippen LogP contribution is 2.27. The van der Waals surface area contributed by atoms with Crippen LogP contribution in [0.4, 0.5) is 11.5 Å². The number of halogens is 2. The zero-order valence-corrected chi connectivity index (χ0v) is 24.5. The molecular formula is C29H32BrClN6O3. The summed E-state index contributed by atoms with van der Waals surface area (Å²) in [5.41, 5.74) is 2.70. The lowest BCUT2D eigenvalue weighted by Gasteiger charge is -2.43. The summed E-state index contributed by atoms with van der Waals surface area (Å²) in [5.74, 6) is 0.525. The number of anilines is 1. The topological polar surface area (TPSA) is 94.9 Å². The summed E-state index contributed by atoms with van der Waals surface area (Å²) < 4.78 is 0.997. The molecule has 0 saturated carbocycles. The molecule has 0 atom stereocenters. The van der Waals surface area contributed by atoms with Crippen molar-refractivity contribution in [2.75, 3.05) is 44.2 Å². The Bertz CT molecular complexity index is 1320. The van der Waals surface area contributed by atoms with Crippen molar-refractivity contribution in [3.8, 4) is 0 Å². The molecule has 0 spiro atoms. The van der Waals surface area contributed by atoms with Crippen molar-refractivity contribution in [3.63, 3.8) is 0 Å². The number of hydrogen-bond acceptors (Lipinski definition) is 7. The molecule has 0 bridgehead atoms. The van der Waals surface area contributed by atoms with Crippen molar-refractivity contribution in [2.45, 2.75) is 32.0 Å². The molecule has 2 fully saturated rings. The molecule has 9 nitrogen and oxygen atoms in total. The Morgan fingerprint density at radius 3 is 2.27 bits per heavy atom. The standard InChI is InChI=1S/C29H32BrClN6O3/c30-24-5-1-21(2-6-24)18-33-29(38)23-17-27(31)28(32-19-23)36-15-13-35(14-16-36)25-9-11-34(12-10-25)20-22-3-7-26(8-4-22)37(39)40/h1-8,17,19,25H,9-16,18,20H2,(H,33,38). The van der Waals surface area contributed by atoms with E-state index >= 15 is 0 Å². The number of carbonyl (C=O) groups is 1. The van der Waals surface area contributed by atoms with Crippen molar-refractivity contribution in [1.82, 2.24) is 20.1 Å². The average molecular weight is 628 g/mol. The maximum atomic E-state index is 12.6. The molecular weight excluding hydrogens is 596 g/mol. The lowest BCUT2D eigenvalue weighted by Crippen LogP contribution is -2.53. The summed E-state index contributed by atoms with van der Waals surface area (Å²) in [6.45, 7) is 6.85. The number of rotatable bonds is 8. The van der Waals surface area contributed by atoms with Gasteiger partial charge in [0.1, 0.15) is 5.82 Å². The molecule has 11 heteroatoms. The van der Waals surface area contributed by atoms with E-state index in [0.717, 1.165) is 80.1 Å². The minimum atomic E-state index is -0.361. The minimum absolute atomic E-state index is 0.132. The second-order valence-electron chi connectivity index (χ2n) is 10.3. The van der Waals surface area contributed by atoms with E-state index in [1.54, 1.807) is 24.4 Å². The second kappa shape index (κ2) is 13.1. The van der Waals surface area contributed by atoms with Gasteiger partial charge in [-0.1, -0.05) is 51.8 Å². The van der Waals surface area contributed by atoms with Gasteiger partial charge in [0.15, 0.2) is 0 Å². The number of nitro groups is 1. The van der Waals surface area contributed by atoms with Crippen LogP contribution in [-0.2, 0) is 13.1 Å². The van der Waals surface area contributed by atoms with Gasteiger partial charge >= 0.3 is 0 Å². The number of nitro benzene ring substituents is 1. The van der Waals surface area contributed by atoms with Gasteiger partial charge < -0.3 is 10.2 Å². The molecule has 0 unspecified atom stereocenters. The number of likely N-dealkylation sites (tertiary alicyclic amines) is 1. The number of pyridine rings is 1. The van der Waals surface area contributed by atoms with Crippen LogP contribution in [0.5, 0.6) is 0 Å². The first-order valence-corrected chi connectivity index (χ1v) is 14.7. The molecule has 0 radical (unpaired) electrons. The van der Waals surface area contributed by atoms with Crippen molar-refractivity contribution >= 4 is 44.9 Å². The van der Waals surface area contributed by atoms with Gasteiger partial charge in [-0.2, -0.15) is 0 Å². The van der Waals surface area contributed by atoms with E-state index in [1.165, 1.54) is 0 Å². The van der Waals surface area contributed by atoms with Crippen LogP contribution in [0.25, 0.3) is 0 Å². The van der Waals surface area contributed by atoms with Crippen LogP contribution in [0.2, 0.25) is 5.02 Å². The number of hydrogen-bond donors (Lipinski definition) is 1. The fourth-order valence-corrected chi connectivity index (χ4v) is 5.95. The van der Waals surface area contributed by atoms with Gasteiger partial charge in [-0.3, -0.25) is 24.7 Å². The van der Waals surface area contributed by atoms with Gasteiger partial charge in [0, 0.05) is 68.1 Å². The molecule has 2 aliphatic heterocycles. The molecule has 40 heavy (non-hydrogen) atoms. The third-order valence-corrected chi connectivity index (χ3v) is 8.50. The number of aromatic nitrogens is 1.